The van der Waals surface area contributed by atoms with Crippen LogP contribution in [0.1, 0.15) is 54.4 Å². The molecule has 0 unspecified atom stereocenters. The molecule has 9 atom stereocenters. The Morgan fingerprint density at radius 2 is 1.84 bits per heavy atom. The summed E-state index contributed by atoms with van der Waals surface area (Å²) in [5.41, 5.74) is -2.30. The van der Waals surface area contributed by atoms with Crippen molar-refractivity contribution in [3.63, 3.8) is 0 Å². The second-order valence-corrected chi connectivity index (χ2v) is 12.0. The average Bonchev–Trinajstić information content (AvgIpc) is 2.83. The lowest BCUT2D eigenvalue weighted by Crippen LogP contribution is -2.59. The maximum atomic E-state index is 13.9. The first-order chi connectivity index (χ1) is 17.2. The van der Waals surface area contributed by atoms with E-state index in [1.807, 2.05) is 39.9 Å². The van der Waals surface area contributed by atoms with Crippen molar-refractivity contribution in [3.05, 3.63) is 0 Å². The first-order valence-electron chi connectivity index (χ1n) is 13.5. The highest BCUT2D eigenvalue weighted by Crippen LogP contribution is 2.37. The maximum Gasteiger partial charge on any atom is 0.319 e. The molecule has 0 aromatic carbocycles. The number of Topliss-reactive ketones (excluding diaryl/α,β-unsaturated/α-hetero) is 1. The summed E-state index contributed by atoms with van der Waals surface area (Å²) in [6, 6.07) is -0.265. The largest absolute Gasteiger partial charge is 0.463 e. The third-order valence-electron chi connectivity index (χ3n) is 7.99. The van der Waals surface area contributed by atoms with E-state index in [1.54, 1.807) is 27.9 Å². The summed E-state index contributed by atoms with van der Waals surface area (Å²) in [6.45, 7) is 12.3. The number of ether oxygens (including phenoxy) is 4. The first kappa shape index (κ1) is 32.1. The minimum absolute atomic E-state index is 0.100. The number of hydrogen-bond acceptors (Lipinski definition) is 10. The van der Waals surface area contributed by atoms with Crippen molar-refractivity contribution in [2.75, 3.05) is 47.9 Å². The predicted molar refractivity (Wildman–Crippen MR) is 141 cm³/mol. The Labute approximate surface area is 223 Å². The molecule has 2 saturated heterocycles. The number of hydrogen-bond donors (Lipinski definition) is 3. The van der Waals surface area contributed by atoms with E-state index in [-0.39, 0.29) is 36.5 Å². The maximum absolute atomic E-state index is 13.9. The Morgan fingerprint density at radius 3 is 2.41 bits per heavy atom. The molecular weight excluding hydrogens is 478 g/mol. The Bertz CT molecular complexity index is 764. The van der Waals surface area contributed by atoms with Crippen LogP contribution in [-0.2, 0) is 28.5 Å². The molecule has 0 spiro atoms. The van der Waals surface area contributed by atoms with Gasteiger partial charge in [0, 0.05) is 25.6 Å². The summed E-state index contributed by atoms with van der Waals surface area (Å²) in [4.78, 5) is 28.9. The molecule has 2 heterocycles. The first-order valence-corrected chi connectivity index (χ1v) is 13.5. The molecule has 0 aliphatic carbocycles. The molecule has 0 radical (unpaired) electrons. The van der Waals surface area contributed by atoms with Crippen molar-refractivity contribution < 1.29 is 33.6 Å². The van der Waals surface area contributed by atoms with Crippen LogP contribution in [-0.4, -0.2) is 112 Å². The Kier molecular flexibility index (Phi) is 11.5. The van der Waals surface area contributed by atoms with Crippen molar-refractivity contribution in [3.8, 4) is 0 Å². The summed E-state index contributed by atoms with van der Waals surface area (Å²) >= 11 is 0. The molecule has 0 aromatic rings. The van der Waals surface area contributed by atoms with Gasteiger partial charge in [-0.05, 0) is 74.1 Å². The van der Waals surface area contributed by atoms with E-state index < -0.39 is 41.4 Å². The van der Waals surface area contributed by atoms with Crippen LogP contribution < -0.4 is 10.6 Å². The number of likely N-dealkylation sites (N-methyl/N-ethyl adjacent to an activating group) is 2. The molecule has 2 aliphatic rings. The Balaban J connectivity index is 2.48. The molecule has 216 valence electrons. The average molecular weight is 530 g/mol. The zero-order valence-corrected chi connectivity index (χ0v) is 24.5. The number of cyclic esters (lactones) is 1. The van der Waals surface area contributed by atoms with Crippen LogP contribution in [0.15, 0.2) is 0 Å². The van der Waals surface area contributed by atoms with E-state index in [0.717, 1.165) is 0 Å². The van der Waals surface area contributed by atoms with Crippen molar-refractivity contribution in [1.29, 1.82) is 0 Å². The van der Waals surface area contributed by atoms with Crippen LogP contribution in [0, 0.1) is 17.3 Å². The molecule has 0 bridgehead atoms. The van der Waals surface area contributed by atoms with E-state index in [9.17, 15) is 14.7 Å². The van der Waals surface area contributed by atoms with Gasteiger partial charge in [-0.25, -0.2) is 0 Å². The van der Waals surface area contributed by atoms with E-state index in [4.69, 9.17) is 18.9 Å². The fourth-order valence-corrected chi connectivity index (χ4v) is 5.64. The number of carbonyl (C=O) groups excluding carboxylic acids is 2. The van der Waals surface area contributed by atoms with Gasteiger partial charge >= 0.3 is 5.97 Å². The number of carbonyl (C=O) groups is 2. The summed E-state index contributed by atoms with van der Waals surface area (Å²) < 4.78 is 24.3. The molecule has 0 aromatic heterocycles. The van der Waals surface area contributed by atoms with Gasteiger partial charge in [-0.1, -0.05) is 13.8 Å². The number of aliphatic hydroxyl groups excluding tert-OH is 1. The second kappa shape index (κ2) is 13.3. The number of nitrogens with zero attached hydrogens (tertiary/aromatic N) is 1. The van der Waals surface area contributed by atoms with Gasteiger partial charge in [0.05, 0.1) is 23.9 Å². The molecule has 0 amide bonds. The number of methoxy groups -OCH3 is 1. The summed E-state index contributed by atoms with van der Waals surface area (Å²) in [5, 5.41) is 17.8. The van der Waals surface area contributed by atoms with Crippen LogP contribution in [0.25, 0.3) is 0 Å². The van der Waals surface area contributed by atoms with Crippen molar-refractivity contribution in [1.82, 2.24) is 15.5 Å². The molecule has 2 fully saturated rings. The third-order valence-corrected chi connectivity index (χ3v) is 7.99. The zero-order chi connectivity index (χ0) is 28.1. The van der Waals surface area contributed by atoms with Gasteiger partial charge in [0.1, 0.15) is 18.1 Å². The standard InChI is InChI=1S/C27H51N3O7/c1-16-12-27(6,34-10)23(37-24-21(31)20(30(8)9)11-17(2)36-24)18(3)22(32)26(4,5)25(33)35-15-19(14-28-7)29-13-16/h16-21,23-24,28-29,31H,11-15H2,1-10H3/t16-,17-,18+,19+,20+,21-,23-,24+,27-/m1/s1. The van der Waals surface area contributed by atoms with Gasteiger partial charge in [-0.2, -0.15) is 0 Å². The van der Waals surface area contributed by atoms with Gasteiger partial charge in [0.15, 0.2) is 12.1 Å². The highest BCUT2D eigenvalue weighted by molar-refractivity contribution is 6.04. The molecule has 10 nitrogen and oxygen atoms in total. The van der Waals surface area contributed by atoms with Crippen molar-refractivity contribution in [2.24, 2.45) is 17.3 Å². The molecular formula is C27H51N3O7. The zero-order valence-electron chi connectivity index (χ0n) is 24.5. The predicted octanol–water partition coefficient (Wildman–Crippen LogP) is 1.19. The van der Waals surface area contributed by atoms with Gasteiger partial charge < -0.3 is 39.6 Å². The number of esters is 1. The van der Waals surface area contributed by atoms with E-state index in [0.29, 0.717) is 25.9 Å². The smallest absolute Gasteiger partial charge is 0.319 e. The molecule has 37 heavy (non-hydrogen) atoms. The van der Waals surface area contributed by atoms with Crippen LogP contribution in [0.4, 0.5) is 0 Å². The Hall–Kier alpha value is -1.14. The van der Waals surface area contributed by atoms with Crippen LogP contribution in [0.5, 0.6) is 0 Å². The fourth-order valence-electron chi connectivity index (χ4n) is 5.64. The monoisotopic (exact) mass is 529 g/mol. The van der Waals surface area contributed by atoms with Gasteiger partial charge in [0.25, 0.3) is 0 Å². The van der Waals surface area contributed by atoms with E-state index in [2.05, 4.69) is 17.6 Å². The van der Waals surface area contributed by atoms with Crippen LogP contribution in [0.2, 0.25) is 0 Å². The van der Waals surface area contributed by atoms with Crippen molar-refractivity contribution in [2.45, 2.75) is 96.7 Å². The number of nitrogens with one attached hydrogen (secondary N) is 2. The third kappa shape index (κ3) is 7.71. The fraction of sp³-hybridized carbons (Fsp3) is 0.926. The Morgan fingerprint density at radius 1 is 1.19 bits per heavy atom. The van der Waals surface area contributed by atoms with E-state index >= 15 is 0 Å². The van der Waals surface area contributed by atoms with Gasteiger partial charge in [0.2, 0.25) is 0 Å². The molecule has 2 aliphatic heterocycles. The van der Waals surface area contributed by atoms with Crippen LogP contribution in [0.3, 0.4) is 0 Å². The minimum Gasteiger partial charge on any atom is -0.463 e. The summed E-state index contributed by atoms with van der Waals surface area (Å²) in [5.74, 6) is -1.48. The van der Waals surface area contributed by atoms with Gasteiger partial charge in [-0.3, -0.25) is 9.59 Å². The highest BCUT2D eigenvalue weighted by atomic mass is 16.7. The molecule has 0 saturated carbocycles. The SMILES string of the molecule is CNC[C@H]1COC(=O)C(C)(C)C(=O)[C@H](C)[C@@H](O[C@@H]2O[C@H](C)C[C@H](N(C)C)[C@H]2O)[C@](C)(OC)C[C@@H](C)CN1. The summed E-state index contributed by atoms with van der Waals surface area (Å²) in [6.07, 6.45) is -1.57. The molecule has 3 N–H and O–H groups in total. The lowest BCUT2D eigenvalue weighted by Gasteiger charge is -2.47. The minimum atomic E-state index is -1.40. The van der Waals surface area contributed by atoms with Crippen molar-refractivity contribution >= 4 is 11.8 Å². The van der Waals surface area contributed by atoms with Crippen LogP contribution >= 0.6 is 0 Å². The lowest BCUT2D eigenvalue weighted by molar-refractivity contribution is -0.295. The quantitative estimate of drug-likeness (QED) is 0.342. The molecule has 2 rings (SSSR count). The second-order valence-electron chi connectivity index (χ2n) is 12.0. The van der Waals surface area contributed by atoms with E-state index in [1.165, 1.54) is 0 Å². The molecule has 10 heteroatoms. The lowest BCUT2D eigenvalue weighted by atomic mass is 9.74. The highest BCUT2D eigenvalue weighted by Gasteiger charge is 2.51. The number of rotatable bonds is 6. The topological polar surface area (TPSA) is 119 Å². The van der Waals surface area contributed by atoms with Gasteiger partial charge in [-0.15, -0.1) is 0 Å². The summed E-state index contributed by atoms with van der Waals surface area (Å²) in [7, 11) is 7.28. The normalized spacial score (nSPS) is 40.4. The number of aliphatic hydroxyl groups is 1. The number of ketones is 1.